The number of nitrogens with two attached hydrogens (primary N) is 2. The van der Waals surface area contributed by atoms with E-state index >= 15 is 0 Å². The Kier molecular flexibility index (Phi) is 6.17. The summed E-state index contributed by atoms with van der Waals surface area (Å²) < 4.78 is 0. The van der Waals surface area contributed by atoms with Crippen LogP contribution in [0.4, 0.5) is 0 Å². The molecule has 0 saturated carbocycles. The van der Waals surface area contributed by atoms with E-state index in [4.69, 9.17) is 21.7 Å². The van der Waals surface area contributed by atoms with Crippen LogP contribution in [0, 0.1) is 0 Å². The monoisotopic (exact) mass is 238 g/mol. The minimum Gasteiger partial charge on any atom is -0.480 e. The predicted octanol–water partition coefficient (Wildman–Crippen LogP) is -0.336. The normalized spacial score (nSPS) is 13.6. The van der Waals surface area contributed by atoms with Gasteiger partial charge < -0.3 is 21.7 Å². The van der Waals surface area contributed by atoms with Gasteiger partial charge in [-0.2, -0.15) is 0 Å². The van der Waals surface area contributed by atoms with Crippen molar-refractivity contribution in [1.29, 1.82) is 0 Å². The predicted molar refractivity (Wildman–Crippen MR) is 55.6 cm³/mol. The first-order valence-corrected chi connectivity index (χ1v) is 5.79. The maximum atomic E-state index is 10.3. The van der Waals surface area contributed by atoms with Gasteiger partial charge >= 0.3 is 11.9 Å². The second-order valence-electron chi connectivity index (χ2n) is 2.20. The largest absolute Gasteiger partial charge is 0.480 e. The molecule has 1 atom stereocenters. The quantitative estimate of drug-likeness (QED) is 0.281. The van der Waals surface area contributed by atoms with Crippen molar-refractivity contribution < 1.29 is 19.8 Å². The third-order valence-corrected chi connectivity index (χ3v) is 3.14. The van der Waals surface area contributed by atoms with Gasteiger partial charge in [-0.25, -0.2) is 4.79 Å². The number of hydrogen-bond acceptors (Lipinski definition) is 6. The molecular weight excluding hydrogens is 228 g/mol. The van der Waals surface area contributed by atoms with Crippen LogP contribution in [0.1, 0.15) is 0 Å². The lowest BCUT2D eigenvalue weighted by Crippen LogP contribution is -2.32. The van der Waals surface area contributed by atoms with Gasteiger partial charge in [-0.1, -0.05) is 21.6 Å². The van der Waals surface area contributed by atoms with Crippen molar-refractivity contribution in [3.05, 3.63) is 11.1 Å². The molecule has 0 aliphatic heterocycles. The van der Waals surface area contributed by atoms with Crippen molar-refractivity contribution in [2.24, 2.45) is 11.5 Å². The first-order valence-electron chi connectivity index (χ1n) is 3.40. The van der Waals surface area contributed by atoms with E-state index in [-0.39, 0.29) is 11.4 Å². The average Bonchev–Trinajstić information content (AvgIpc) is 2.11. The highest BCUT2D eigenvalue weighted by molar-refractivity contribution is 8.77. The van der Waals surface area contributed by atoms with Crippen molar-refractivity contribution in [2.45, 2.75) is 6.04 Å². The summed E-state index contributed by atoms with van der Waals surface area (Å²) in [4.78, 5) is 20.5. The van der Waals surface area contributed by atoms with Gasteiger partial charge in [-0.15, -0.1) is 0 Å². The molecule has 0 aromatic carbocycles. The van der Waals surface area contributed by atoms with Crippen LogP contribution in [0.5, 0.6) is 0 Å². The fourth-order valence-electron chi connectivity index (χ4n) is 0.320. The fraction of sp³-hybridized carbons (Fsp3) is 0.333. The molecule has 0 aliphatic rings. The third-order valence-electron chi connectivity index (χ3n) is 1.05. The molecular formula is C6H10N2O4S2. The summed E-state index contributed by atoms with van der Waals surface area (Å²) in [5.74, 6) is -2.11. The summed E-state index contributed by atoms with van der Waals surface area (Å²) in [6.07, 6.45) is 0. The fourth-order valence-corrected chi connectivity index (χ4v) is 2.15. The number of hydrogen-bond donors (Lipinski definition) is 4. The van der Waals surface area contributed by atoms with Crippen LogP contribution in [0.15, 0.2) is 11.1 Å². The molecule has 0 heterocycles. The molecule has 0 amide bonds. The highest BCUT2D eigenvalue weighted by Crippen LogP contribution is 2.23. The number of aliphatic carboxylic acids is 2. The van der Waals surface area contributed by atoms with E-state index in [0.717, 1.165) is 21.6 Å². The Morgan fingerprint density at radius 2 is 2.00 bits per heavy atom. The van der Waals surface area contributed by atoms with E-state index in [1.807, 2.05) is 0 Å². The Morgan fingerprint density at radius 1 is 1.43 bits per heavy atom. The average molecular weight is 238 g/mol. The van der Waals surface area contributed by atoms with Gasteiger partial charge in [0.1, 0.15) is 11.7 Å². The summed E-state index contributed by atoms with van der Waals surface area (Å²) in [5, 5.41) is 18.0. The topological polar surface area (TPSA) is 127 Å². The van der Waals surface area contributed by atoms with Gasteiger partial charge in [0, 0.05) is 11.2 Å². The zero-order valence-electron chi connectivity index (χ0n) is 7.04. The maximum absolute atomic E-state index is 10.3. The molecule has 0 rings (SSSR count). The second-order valence-corrected chi connectivity index (χ2v) is 4.49. The number of carbonyl (C=O) groups is 2. The smallest absolute Gasteiger partial charge is 0.352 e. The van der Waals surface area contributed by atoms with Crippen LogP contribution < -0.4 is 11.5 Å². The van der Waals surface area contributed by atoms with Gasteiger partial charge in [-0.3, -0.25) is 4.79 Å². The molecule has 0 aromatic heterocycles. The number of rotatable bonds is 6. The molecule has 0 radical (unpaired) electrons. The molecule has 8 heteroatoms. The summed E-state index contributed by atoms with van der Waals surface area (Å²) in [5.41, 5.74) is 9.98. The standard InChI is InChI=1S/C6H10N2O4S2/c7-3(5(9)10)1-13-14-2-4(8)6(11)12/h1,4H,2,7-8H2,(H,9,10)(H,11,12)/b3-1-. The molecule has 14 heavy (non-hydrogen) atoms. The van der Waals surface area contributed by atoms with Gasteiger partial charge in [0.15, 0.2) is 0 Å². The second kappa shape index (κ2) is 6.57. The Labute approximate surface area is 88.1 Å². The van der Waals surface area contributed by atoms with E-state index in [0.29, 0.717) is 0 Å². The first kappa shape index (κ1) is 13.1. The lowest BCUT2D eigenvalue weighted by Gasteiger charge is -2.02. The van der Waals surface area contributed by atoms with E-state index in [1.165, 1.54) is 5.41 Å². The molecule has 6 nitrogen and oxygen atoms in total. The Bertz CT molecular complexity index is 256. The van der Waals surface area contributed by atoms with Crippen molar-refractivity contribution in [3.63, 3.8) is 0 Å². The van der Waals surface area contributed by atoms with Gasteiger partial charge in [0.25, 0.3) is 0 Å². The lowest BCUT2D eigenvalue weighted by atomic mass is 10.4. The SMILES string of the molecule is N/C(=C\SSCC(N)C(=O)O)C(=O)O. The molecule has 0 spiro atoms. The molecule has 80 valence electrons. The molecule has 0 aromatic rings. The van der Waals surface area contributed by atoms with Crippen LogP contribution in [0.25, 0.3) is 0 Å². The van der Waals surface area contributed by atoms with Crippen LogP contribution in [0.2, 0.25) is 0 Å². The highest BCUT2D eigenvalue weighted by atomic mass is 33.1. The zero-order chi connectivity index (χ0) is 11.1. The van der Waals surface area contributed by atoms with E-state index < -0.39 is 18.0 Å². The molecule has 0 aliphatic carbocycles. The summed E-state index contributed by atoms with van der Waals surface area (Å²) >= 11 is 0. The zero-order valence-corrected chi connectivity index (χ0v) is 8.68. The van der Waals surface area contributed by atoms with Crippen molar-refractivity contribution in [3.8, 4) is 0 Å². The van der Waals surface area contributed by atoms with Gasteiger partial charge in [-0.05, 0) is 0 Å². The van der Waals surface area contributed by atoms with Crippen LogP contribution in [0.3, 0.4) is 0 Å². The summed E-state index contributed by atoms with van der Waals surface area (Å²) in [6, 6.07) is -0.952. The molecule has 1 unspecified atom stereocenters. The van der Waals surface area contributed by atoms with Crippen molar-refractivity contribution in [2.75, 3.05) is 5.75 Å². The van der Waals surface area contributed by atoms with Gasteiger partial charge in [0.05, 0.1) is 0 Å². The molecule has 0 fully saturated rings. The Morgan fingerprint density at radius 3 is 2.43 bits per heavy atom. The molecule has 0 saturated heterocycles. The number of carboxylic acid groups (broad SMARTS) is 2. The maximum Gasteiger partial charge on any atom is 0.352 e. The summed E-state index contributed by atoms with van der Waals surface area (Å²) in [6.45, 7) is 0. The molecule has 6 N–H and O–H groups in total. The minimum atomic E-state index is -1.21. The van der Waals surface area contributed by atoms with Crippen molar-refractivity contribution >= 4 is 33.5 Å². The lowest BCUT2D eigenvalue weighted by molar-refractivity contribution is -0.138. The number of carboxylic acids is 2. The Balaban J connectivity index is 3.71. The van der Waals surface area contributed by atoms with E-state index in [9.17, 15) is 9.59 Å². The summed E-state index contributed by atoms with van der Waals surface area (Å²) in [7, 11) is 2.17. The van der Waals surface area contributed by atoms with Crippen LogP contribution >= 0.6 is 21.6 Å². The van der Waals surface area contributed by atoms with E-state index in [2.05, 4.69) is 0 Å². The first-order chi connectivity index (χ1) is 6.45. The highest BCUT2D eigenvalue weighted by Gasteiger charge is 2.10. The van der Waals surface area contributed by atoms with E-state index in [1.54, 1.807) is 0 Å². The van der Waals surface area contributed by atoms with Gasteiger partial charge in [0.2, 0.25) is 0 Å². The van der Waals surface area contributed by atoms with Crippen LogP contribution in [-0.2, 0) is 9.59 Å². The third kappa shape index (κ3) is 5.73. The Hall–Kier alpha value is -0.860. The van der Waals surface area contributed by atoms with Crippen LogP contribution in [-0.4, -0.2) is 33.9 Å². The van der Waals surface area contributed by atoms with Crippen molar-refractivity contribution in [1.82, 2.24) is 0 Å². The molecule has 0 bridgehead atoms. The minimum absolute atomic E-state index is 0.184.